The summed E-state index contributed by atoms with van der Waals surface area (Å²) in [6.07, 6.45) is 6.75. The lowest BCUT2D eigenvalue weighted by atomic mass is 9.49. The van der Waals surface area contributed by atoms with Gasteiger partial charge in [0.15, 0.2) is 0 Å². The molecule has 0 unspecified atom stereocenters. The molecule has 2 heterocycles. The highest BCUT2D eigenvalue weighted by molar-refractivity contribution is 5.73. The van der Waals surface area contributed by atoms with Crippen molar-refractivity contribution in [2.75, 3.05) is 0 Å². The van der Waals surface area contributed by atoms with Gasteiger partial charge in [-0.1, -0.05) is 79.9 Å². The molecule has 2 aromatic carbocycles. The summed E-state index contributed by atoms with van der Waals surface area (Å²) < 4.78 is 12.7. The molecule has 0 amide bonds. The van der Waals surface area contributed by atoms with Crippen LogP contribution in [0.4, 0.5) is 0 Å². The normalized spacial score (nSPS) is 28.7. The molecule has 2 aromatic rings. The molecule has 3 nitrogen and oxygen atoms in total. The van der Waals surface area contributed by atoms with E-state index in [9.17, 15) is 4.79 Å². The van der Waals surface area contributed by atoms with E-state index in [1.165, 1.54) is 17.5 Å². The molecular formula is C23H24O3. The van der Waals surface area contributed by atoms with Crippen molar-refractivity contribution in [3.63, 3.8) is 0 Å². The van der Waals surface area contributed by atoms with E-state index in [2.05, 4.69) is 48.5 Å². The fraction of sp³-hybridized carbons (Fsp3) is 0.435. The second-order valence-corrected chi connectivity index (χ2v) is 7.89. The van der Waals surface area contributed by atoms with E-state index in [-0.39, 0.29) is 11.4 Å². The Balaban J connectivity index is 1.73. The number of carbonyl (C=O) groups is 1. The number of rotatable bonds is 2. The van der Waals surface area contributed by atoms with Crippen LogP contribution in [0, 0.1) is 5.41 Å². The van der Waals surface area contributed by atoms with Crippen LogP contribution < -0.4 is 0 Å². The maximum absolute atomic E-state index is 12.1. The van der Waals surface area contributed by atoms with Crippen molar-refractivity contribution in [2.45, 2.75) is 56.3 Å². The Morgan fingerprint density at radius 1 is 0.731 bits per heavy atom. The second kappa shape index (κ2) is 5.68. The van der Waals surface area contributed by atoms with Gasteiger partial charge in [0.05, 0.1) is 11.8 Å². The van der Waals surface area contributed by atoms with Crippen LogP contribution >= 0.6 is 0 Å². The molecule has 5 rings (SSSR count). The van der Waals surface area contributed by atoms with Crippen LogP contribution in [0.15, 0.2) is 60.7 Å². The van der Waals surface area contributed by atoms with Gasteiger partial charge in [-0.2, -0.15) is 0 Å². The molecule has 3 aliphatic rings. The molecule has 26 heavy (non-hydrogen) atoms. The number of esters is 1. The summed E-state index contributed by atoms with van der Waals surface area (Å²) in [6, 6.07) is 21.0. The number of fused-ring (bicyclic) bond motifs is 1. The predicted octanol–water partition coefficient (Wildman–Crippen LogP) is 4.94. The first-order valence-electron chi connectivity index (χ1n) is 9.76. The second-order valence-electron chi connectivity index (χ2n) is 7.89. The summed E-state index contributed by atoms with van der Waals surface area (Å²) in [4.78, 5) is 12.1. The van der Waals surface area contributed by atoms with E-state index in [4.69, 9.17) is 9.47 Å². The zero-order valence-corrected chi connectivity index (χ0v) is 14.9. The van der Waals surface area contributed by atoms with Crippen molar-refractivity contribution in [3.05, 3.63) is 71.8 Å². The fourth-order valence-electron chi connectivity index (χ4n) is 5.70. The fourth-order valence-corrected chi connectivity index (χ4v) is 5.70. The largest absolute Gasteiger partial charge is 0.432 e. The maximum atomic E-state index is 12.1. The molecule has 0 bridgehead atoms. The van der Waals surface area contributed by atoms with Crippen LogP contribution in [0.3, 0.4) is 0 Å². The van der Waals surface area contributed by atoms with E-state index in [0.717, 1.165) is 25.7 Å². The van der Waals surface area contributed by atoms with Crippen LogP contribution in [-0.2, 0) is 19.9 Å². The Hall–Kier alpha value is -2.13. The highest BCUT2D eigenvalue weighted by Crippen LogP contribution is 2.73. The minimum atomic E-state index is -0.754. The number of hydrogen-bond donors (Lipinski definition) is 0. The van der Waals surface area contributed by atoms with Gasteiger partial charge in [-0.3, -0.25) is 4.79 Å². The van der Waals surface area contributed by atoms with Crippen LogP contribution in [0.5, 0.6) is 0 Å². The minimum absolute atomic E-state index is 0.121. The zero-order valence-electron chi connectivity index (χ0n) is 14.9. The molecule has 2 spiro atoms. The lowest BCUT2D eigenvalue weighted by Gasteiger charge is -2.69. The standard InChI is InChI=1S/C23H24O3/c24-20-14-17-22(25-20)21(15-8-3-9-16-21)23(26-22,18-10-4-1-5-11-18)19-12-6-2-7-13-19/h1-2,4-7,10-13H,3,8-9,14-17H2/t22-/m1/s1. The SMILES string of the molecule is O=C1CC[C@@]2(O1)OC(c1ccccc1)(c1ccccc1)C21CCCCC1. The molecule has 2 aliphatic heterocycles. The van der Waals surface area contributed by atoms with Gasteiger partial charge < -0.3 is 9.47 Å². The topological polar surface area (TPSA) is 35.5 Å². The Morgan fingerprint density at radius 2 is 1.31 bits per heavy atom. The molecule has 3 heteroatoms. The molecular weight excluding hydrogens is 324 g/mol. The smallest absolute Gasteiger partial charge is 0.308 e. The zero-order chi connectivity index (χ0) is 17.7. The summed E-state index contributed by atoms with van der Waals surface area (Å²) >= 11 is 0. The Labute approximate surface area is 154 Å². The lowest BCUT2D eigenvalue weighted by molar-refractivity contribution is -0.452. The molecule has 134 valence electrons. The summed E-state index contributed by atoms with van der Waals surface area (Å²) in [5.41, 5.74) is 1.61. The van der Waals surface area contributed by atoms with E-state index in [0.29, 0.717) is 12.8 Å². The highest BCUT2D eigenvalue weighted by atomic mass is 16.8. The van der Waals surface area contributed by atoms with E-state index < -0.39 is 11.4 Å². The predicted molar refractivity (Wildman–Crippen MR) is 98.3 cm³/mol. The minimum Gasteiger partial charge on any atom is -0.432 e. The molecule has 0 aromatic heterocycles. The van der Waals surface area contributed by atoms with Crippen LogP contribution in [0.2, 0.25) is 0 Å². The van der Waals surface area contributed by atoms with Gasteiger partial charge in [0, 0.05) is 6.42 Å². The Morgan fingerprint density at radius 3 is 1.81 bits per heavy atom. The van der Waals surface area contributed by atoms with E-state index in [1.54, 1.807) is 0 Å². The van der Waals surface area contributed by atoms with Gasteiger partial charge in [0.2, 0.25) is 5.79 Å². The summed E-state index contributed by atoms with van der Waals surface area (Å²) in [7, 11) is 0. The quantitative estimate of drug-likeness (QED) is 0.721. The van der Waals surface area contributed by atoms with Crippen molar-refractivity contribution in [3.8, 4) is 0 Å². The maximum Gasteiger partial charge on any atom is 0.308 e. The monoisotopic (exact) mass is 348 g/mol. The molecule has 1 saturated carbocycles. The first-order valence-corrected chi connectivity index (χ1v) is 9.76. The number of ether oxygens (including phenoxy) is 2. The van der Waals surface area contributed by atoms with Crippen molar-refractivity contribution in [2.24, 2.45) is 5.41 Å². The summed E-state index contributed by atoms with van der Waals surface area (Å²) in [6.45, 7) is 0. The van der Waals surface area contributed by atoms with Gasteiger partial charge in [0.1, 0.15) is 5.60 Å². The molecule has 1 atom stereocenters. The Bertz CT molecular complexity index is 768. The molecule has 2 saturated heterocycles. The van der Waals surface area contributed by atoms with Crippen molar-refractivity contribution in [1.29, 1.82) is 0 Å². The van der Waals surface area contributed by atoms with Gasteiger partial charge in [-0.05, 0) is 24.0 Å². The summed E-state index contributed by atoms with van der Waals surface area (Å²) in [5, 5.41) is 0. The third-order valence-corrected chi connectivity index (χ3v) is 6.73. The lowest BCUT2D eigenvalue weighted by Crippen LogP contribution is -2.75. The first-order chi connectivity index (χ1) is 12.7. The average Bonchev–Trinajstić information content (AvgIpc) is 3.11. The molecule has 0 radical (unpaired) electrons. The molecule has 0 N–H and O–H groups in total. The van der Waals surface area contributed by atoms with Crippen LogP contribution in [-0.4, -0.2) is 11.8 Å². The summed E-state index contributed by atoms with van der Waals surface area (Å²) in [5.74, 6) is -0.874. The first kappa shape index (κ1) is 16.1. The molecule has 3 fully saturated rings. The van der Waals surface area contributed by atoms with Crippen molar-refractivity contribution in [1.82, 2.24) is 0 Å². The number of benzene rings is 2. The van der Waals surface area contributed by atoms with Crippen LogP contribution in [0.25, 0.3) is 0 Å². The van der Waals surface area contributed by atoms with Crippen molar-refractivity contribution < 1.29 is 14.3 Å². The number of carbonyl (C=O) groups excluding carboxylic acids is 1. The van der Waals surface area contributed by atoms with Gasteiger partial charge in [-0.25, -0.2) is 0 Å². The highest BCUT2D eigenvalue weighted by Gasteiger charge is 2.79. The Kier molecular flexibility index (Phi) is 3.51. The van der Waals surface area contributed by atoms with Gasteiger partial charge in [-0.15, -0.1) is 0 Å². The third kappa shape index (κ3) is 1.90. The van der Waals surface area contributed by atoms with E-state index in [1.807, 2.05) is 12.1 Å². The van der Waals surface area contributed by atoms with Gasteiger partial charge >= 0.3 is 5.97 Å². The van der Waals surface area contributed by atoms with Gasteiger partial charge in [0.25, 0.3) is 0 Å². The van der Waals surface area contributed by atoms with Crippen LogP contribution in [0.1, 0.15) is 56.1 Å². The number of hydrogen-bond acceptors (Lipinski definition) is 3. The molecule has 1 aliphatic carbocycles. The van der Waals surface area contributed by atoms with E-state index >= 15 is 0 Å². The van der Waals surface area contributed by atoms with Crippen molar-refractivity contribution >= 4 is 5.97 Å². The third-order valence-electron chi connectivity index (χ3n) is 6.73. The average molecular weight is 348 g/mol.